The van der Waals surface area contributed by atoms with Gasteiger partial charge in [0.2, 0.25) is 0 Å². The van der Waals surface area contributed by atoms with Crippen molar-refractivity contribution in [3.63, 3.8) is 0 Å². The van der Waals surface area contributed by atoms with Crippen LogP contribution in [0.4, 0.5) is 0 Å². The molecule has 0 saturated heterocycles. The van der Waals surface area contributed by atoms with Crippen LogP contribution >= 0.6 is 0 Å². The maximum absolute atomic E-state index is 8.93. The van der Waals surface area contributed by atoms with Crippen molar-refractivity contribution in [2.45, 2.75) is 32.4 Å². The summed E-state index contributed by atoms with van der Waals surface area (Å²) in [6, 6.07) is 4.21. The Balaban J connectivity index is 2.52. The molecule has 1 N–H and O–H groups in total. The maximum atomic E-state index is 8.93. The molecule has 1 rings (SSSR count). The zero-order valence-electron chi connectivity index (χ0n) is 8.91. The summed E-state index contributed by atoms with van der Waals surface area (Å²) in [4.78, 5) is 0. The van der Waals surface area contributed by atoms with E-state index in [2.05, 4.69) is 16.5 Å². The van der Waals surface area contributed by atoms with Crippen molar-refractivity contribution in [2.24, 2.45) is 0 Å². The molecular weight excluding hydrogens is 176 g/mol. The van der Waals surface area contributed by atoms with Crippen LogP contribution in [0.3, 0.4) is 0 Å². The molecular formula is C10H16N4. The van der Waals surface area contributed by atoms with Crippen LogP contribution in [0.15, 0.2) is 12.3 Å². The van der Waals surface area contributed by atoms with E-state index in [9.17, 15) is 0 Å². The van der Waals surface area contributed by atoms with Crippen LogP contribution < -0.4 is 5.32 Å². The van der Waals surface area contributed by atoms with Crippen LogP contribution in [-0.4, -0.2) is 22.4 Å². The van der Waals surface area contributed by atoms with Gasteiger partial charge in [-0.25, -0.2) is 0 Å². The van der Waals surface area contributed by atoms with E-state index >= 15 is 0 Å². The highest BCUT2D eigenvalue weighted by atomic mass is 15.3. The van der Waals surface area contributed by atoms with Crippen LogP contribution in [-0.2, 0) is 6.54 Å². The summed E-state index contributed by atoms with van der Waals surface area (Å²) < 4.78 is 1.86. The molecule has 0 bridgehead atoms. The van der Waals surface area contributed by atoms with Crippen molar-refractivity contribution >= 4 is 0 Å². The second-order valence-corrected chi connectivity index (χ2v) is 3.66. The quantitative estimate of drug-likeness (QED) is 0.776. The largest absolute Gasteiger partial charge is 0.303 e. The first-order valence-electron chi connectivity index (χ1n) is 4.70. The number of aromatic nitrogens is 2. The van der Waals surface area contributed by atoms with E-state index in [4.69, 9.17) is 5.26 Å². The number of rotatable bonds is 4. The van der Waals surface area contributed by atoms with Crippen molar-refractivity contribution in [1.82, 2.24) is 15.1 Å². The Bertz CT molecular complexity index is 336. The van der Waals surface area contributed by atoms with Gasteiger partial charge < -0.3 is 5.32 Å². The van der Waals surface area contributed by atoms with Gasteiger partial charge in [0.25, 0.3) is 0 Å². The minimum atomic E-state index is -0.458. The van der Waals surface area contributed by atoms with Crippen LogP contribution in [0, 0.1) is 18.3 Å². The molecule has 0 spiro atoms. The molecule has 0 aromatic carbocycles. The Kier molecular flexibility index (Phi) is 3.26. The fourth-order valence-electron chi connectivity index (χ4n) is 1.16. The van der Waals surface area contributed by atoms with Gasteiger partial charge in [-0.2, -0.15) is 10.4 Å². The van der Waals surface area contributed by atoms with Crippen molar-refractivity contribution in [3.05, 3.63) is 18.0 Å². The molecule has 1 aromatic heterocycles. The van der Waals surface area contributed by atoms with E-state index in [1.54, 1.807) is 7.05 Å². The van der Waals surface area contributed by atoms with E-state index in [1.807, 2.05) is 30.8 Å². The topological polar surface area (TPSA) is 53.6 Å². The second-order valence-electron chi connectivity index (χ2n) is 3.66. The average molecular weight is 192 g/mol. The highest BCUT2D eigenvalue weighted by Gasteiger charge is 2.20. The fourth-order valence-corrected chi connectivity index (χ4v) is 1.16. The summed E-state index contributed by atoms with van der Waals surface area (Å²) in [5.74, 6) is 0. The number of nitrogens with zero attached hydrogens (tertiary/aromatic N) is 3. The molecule has 14 heavy (non-hydrogen) atoms. The summed E-state index contributed by atoms with van der Waals surface area (Å²) in [5.41, 5.74) is 0.549. The first-order chi connectivity index (χ1) is 6.59. The van der Waals surface area contributed by atoms with E-state index in [1.165, 1.54) is 0 Å². The Morgan fingerprint density at radius 3 is 2.86 bits per heavy atom. The van der Waals surface area contributed by atoms with Crippen LogP contribution in [0.5, 0.6) is 0 Å². The maximum Gasteiger partial charge on any atom is 0.105 e. The minimum absolute atomic E-state index is 0.458. The van der Waals surface area contributed by atoms with Gasteiger partial charge in [0, 0.05) is 12.7 Å². The van der Waals surface area contributed by atoms with E-state index < -0.39 is 5.54 Å². The SMILES string of the molecule is CNC(C)(C#N)CCn1ccc(C)n1. The molecule has 0 aliphatic rings. The smallest absolute Gasteiger partial charge is 0.105 e. The van der Waals surface area contributed by atoms with Gasteiger partial charge in [0.05, 0.1) is 11.8 Å². The van der Waals surface area contributed by atoms with E-state index in [0.29, 0.717) is 0 Å². The predicted octanol–water partition coefficient (Wildman–Crippen LogP) is 1.08. The predicted molar refractivity (Wildman–Crippen MR) is 54.7 cm³/mol. The van der Waals surface area contributed by atoms with Gasteiger partial charge in [0.15, 0.2) is 0 Å². The molecule has 4 heteroatoms. The van der Waals surface area contributed by atoms with Gasteiger partial charge in [-0.15, -0.1) is 0 Å². The molecule has 0 saturated carbocycles. The summed E-state index contributed by atoms with van der Waals surface area (Å²) in [5, 5.41) is 16.2. The third-order valence-electron chi connectivity index (χ3n) is 2.41. The Hall–Kier alpha value is -1.34. The molecule has 0 radical (unpaired) electrons. The summed E-state index contributed by atoms with van der Waals surface area (Å²) >= 11 is 0. The highest BCUT2D eigenvalue weighted by Crippen LogP contribution is 2.08. The van der Waals surface area contributed by atoms with Gasteiger partial charge in [-0.05, 0) is 33.4 Å². The lowest BCUT2D eigenvalue weighted by atomic mass is 10.0. The molecule has 1 atom stereocenters. The number of nitriles is 1. The van der Waals surface area contributed by atoms with Crippen LogP contribution in [0.25, 0.3) is 0 Å². The summed E-state index contributed by atoms with van der Waals surface area (Å²) in [7, 11) is 1.80. The first-order valence-corrected chi connectivity index (χ1v) is 4.70. The van der Waals surface area contributed by atoms with E-state index in [0.717, 1.165) is 18.7 Å². The molecule has 1 unspecified atom stereocenters. The molecule has 0 aliphatic heterocycles. The van der Waals surface area contributed by atoms with Gasteiger partial charge in [-0.1, -0.05) is 0 Å². The molecule has 4 nitrogen and oxygen atoms in total. The Labute approximate surface area is 84.5 Å². The molecule has 0 aliphatic carbocycles. The summed E-state index contributed by atoms with van der Waals surface area (Å²) in [6.45, 7) is 4.61. The average Bonchev–Trinajstić information content (AvgIpc) is 2.61. The van der Waals surface area contributed by atoms with Crippen LogP contribution in [0.2, 0.25) is 0 Å². The van der Waals surface area contributed by atoms with Gasteiger partial charge in [0.1, 0.15) is 5.54 Å². The molecule has 1 aromatic rings. The Morgan fingerprint density at radius 2 is 2.43 bits per heavy atom. The highest BCUT2D eigenvalue weighted by molar-refractivity contribution is 5.03. The molecule has 76 valence electrons. The Morgan fingerprint density at radius 1 is 1.71 bits per heavy atom. The molecule has 0 fully saturated rings. The van der Waals surface area contributed by atoms with Crippen molar-refractivity contribution in [2.75, 3.05) is 7.05 Å². The number of hydrogen-bond donors (Lipinski definition) is 1. The lowest BCUT2D eigenvalue weighted by Crippen LogP contribution is -2.39. The molecule has 0 amide bonds. The van der Waals surface area contributed by atoms with Gasteiger partial charge >= 0.3 is 0 Å². The van der Waals surface area contributed by atoms with Crippen molar-refractivity contribution in [1.29, 1.82) is 5.26 Å². The minimum Gasteiger partial charge on any atom is -0.303 e. The third kappa shape index (κ3) is 2.57. The van der Waals surface area contributed by atoms with Gasteiger partial charge in [-0.3, -0.25) is 4.68 Å². The zero-order valence-corrected chi connectivity index (χ0v) is 8.91. The summed E-state index contributed by atoms with van der Waals surface area (Å²) in [6.07, 6.45) is 2.68. The van der Waals surface area contributed by atoms with Crippen molar-refractivity contribution < 1.29 is 0 Å². The molecule has 1 heterocycles. The number of hydrogen-bond acceptors (Lipinski definition) is 3. The second kappa shape index (κ2) is 4.25. The van der Waals surface area contributed by atoms with E-state index in [-0.39, 0.29) is 0 Å². The first kappa shape index (κ1) is 10.7. The zero-order chi connectivity index (χ0) is 10.6. The van der Waals surface area contributed by atoms with Crippen LogP contribution in [0.1, 0.15) is 19.0 Å². The van der Waals surface area contributed by atoms with Crippen molar-refractivity contribution in [3.8, 4) is 6.07 Å². The lowest BCUT2D eigenvalue weighted by Gasteiger charge is -2.20. The monoisotopic (exact) mass is 192 g/mol. The standard InChI is InChI=1S/C10H16N4/c1-9-4-6-14(13-9)7-5-10(2,8-11)12-3/h4,6,12H,5,7H2,1-3H3. The number of aryl methyl sites for hydroxylation is 2. The normalized spacial score (nSPS) is 14.7. The lowest BCUT2D eigenvalue weighted by molar-refractivity contribution is 0.408. The fraction of sp³-hybridized carbons (Fsp3) is 0.600. The third-order valence-corrected chi connectivity index (χ3v) is 2.41. The number of nitrogens with one attached hydrogen (secondary N) is 1.